The molecule has 0 spiro atoms. The zero-order valence-electron chi connectivity index (χ0n) is 32.2. The third kappa shape index (κ3) is 4.32. The van der Waals surface area contributed by atoms with E-state index in [1.807, 2.05) is 0 Å². The second-order valence-electron chi connectivity index (χ2n) is 16.1. The van der Waals surface area contributed by atoms with E-state index in [1.54, 1.807) is 0 Å². The van der Waals surface area contributed by atoms with Crippen LogP contribution in [0.4, 0.5) is 0 Å². The highest BCUT2D eigenvalue weighted by molar-refractivity contribution is 7.60. The predicted molar refractivity (Wildman–Crippen MR) is 259 cm³/mol. The first-order chi connectivity index (χ1) is 28.6. The Hall–Kier alpha value is -6.42. The average molecular weight is 771 g/mol. The molecule has 0 fully saturated rings. The largest absolute Gasteiger partial charge is 0.112 e. The normalized spacial score (nSPS) is 12.9. The second kappa shape index (κ2) is 12.0. The van der Waals surface area contributed by atoms with Gasteiger partial charge in [-0.15, -0.1) is 15.1 Å². The highest BCUT2D eigenvalue weighted by Crippen LogP contribution is 2.54. The van der Waals surface area contributed by atoms with Crippen molar-refractivity contribution >= 4 is 111 Å². The summed E-state index contributed by atoms with van der Waals surface area (Å²) in [5, 5.41) is 24.6. The highest BCUT2D eigenvalue weighted by Gasteiger charge is 2.22. The molecule has 2 heteroatoms. The monoisotopic (exact) mass is 770 g/mol. The number of hydrogen-bond acceptors (Lipinski definition) is 0. The maximum atomic E-state index is 2.54. The van der Waals surface area contributed by atoms with Crippen molar-refractivity contribution in [2.75, 3.05) is 0 Å². The van der Waals surface area contributed by atoms with Crippen molar-refractivity contribution in [3.8, 4) is 33.4 Å². The van der Waals surface area contributed by atoms with E-state index in [0.717, 1.165) is 0 Å². The number of aryl methyl sites for hydroxylation is 2. The Balaban J connectivity index is 1.23. The van der Waals surface area contributed by atoms with Gasteiger partial charge >= 0.3 is 0 Å². The highest BCUT2D eigenvalue weighted by atomic mass is 31.1. The van der Waals surface area contributed by atoms with E-state index in [-0.39, 0.29) is 0 Å². The molecule has 0 N–H and O–H groups in total. The van der Waals surface area contributed by atoms with Crippen LogP contribution in [0.25, 0.3) is 129 Å². The van der Waals surface area contributed by atoms with Gasteiger partial charge in [-0.3, -0.25) is 0 Å². The maximum Gasteiger partial charge on any atom is 0.00274 e. The summed E-state index contributed by atoms with van der Waals surface area (Å²) < 4.78 is 0. The molecule has 2 unspecified atom stereocenters. The van der Waals surface area contributed by atoms with Crippen LogP contribution >= 0.6 is 15.1 Å². The Morgan fingerprint density at radius 3 is 1.29 bits per heavy atom. The minimum absolute atomic E-state index is 0.422. The van der Waals surface area contributed by atoms with Gasteiger partial charge in [0.25, 0.3) is 0 Å². The Kier molecular flexibility index (Phi) is 6.78. The molecular formula is C56H36P2. The quantitative estimate of drug-likeness (QED) is 0.124. The molecule has 11 aromatic carbocycles. The molecule has 13 rings (SSSR count). The van der Waals surface area contributed by atoms with Crippen LogP contribution in [0.1, 0.15) is 0 Å². The number of fused-ring (bicyclic) bond motifs is 8. The van der Waals surface area contributed by atoms with E-state index in [4.69, 9.17) is 0 Å². The Labute approximate surface area is 338 Å². The van der Waals surface area contributed by atoms with Crippen molar-refractivity contribution in [2.45, 2.75) is 0 Å². The molecule has 2 aromatic heterocycles. The maximum absolute atomic E-state index is 2.54. The Morgan fingerprint density at radius 2 is 0.690 bits per heavy atom. The fraction of sp³-hybridized carbons (Fsp3) is 0.0357. The van der Waals surface area contributed by atoms with Gasteiger partial charge in [-0.25, -0.2) is 0 Å². The lowest BCUT2D eigenvalue weighted by Gasteiger charge is -2.21. The van der Waals surface area contributed by atoms with Gasteiger partial charge in [0.05, 0.1) is 0 Å². The summed E-state index contributed by atoms with van der Waals surface area (Å²) in [5.41, 5.74) is 7.85. The molecule has 2 heterocycles. The Bertz CT molecular complexity index is 3700. The summed E-state index contributed by atoms with van der Waals surface area (Å²) in [7, 11) is -0.844. The molecule has 0 aliphatic carbocycles. The first kappa shape index (κ1) is 32.6. The van der Waals surface area contributed by atoms with Crippen molar-refractivity contribution in [3.05, 3.63) is 182 Å². The van der Waals surface area contributed by atoms with Gasteiger partial charge in [-0.2, -0.15) is 0 Å². The van der Waals surface area contributed by atoms with Crippen molar-refractivity contribution in [3.63, 3.8) is 0 Å². The van der Waals surface area contributed by atoms with Gasteiger partial charge in [-0.1, -0.05) is 170 Å². The summed E-state index contributed by atoms with van der Waals surface area (Å²) in [4.78, 5) is 0. The summed E-state index contributed by atoms with van der Waals surface area (Å²) in [6.45, 7) is 4.86. The molecule has 270 valence electrons. The lowest BCUT2D eigenvalue weighted by atomic mass is 9.82. The van der Waals surface area contributed by atoms with Crippen LogP contribution < -0.4 is 0 Å². The predicted octanol–water partition coefficient (Wildman–Crippen LogP) is 17.6. The minimum atomic E-state index is -0.422. The minimum Gasteiger partial charge on any atom is -0.112 e. The van der Waals surface area contributed by atoms with Crippen molar-refractivity contribution < 1.29 is 0 Å². The van der Waals surface area contributed by atoms with Crippen LogP contribution in [-0.4, -0.2) is 0 Å². The zero-order valence-corrected chi connectivity index (χ0v) is 34.0. The fourth-order valence-corrected chi connectivity index (χ4v) is 14.8. The molecule has 0 aliphatic rings. The summed E-state index contributed by atoms with van der Waals surface area (Å²) in [6, 6.07) is 69.7. The Morgan fingerprint density at radius 1 is 0.259 bits per heavy atom. The fourth-order valence-electron chi connectivity index (χ4n) is 10.8. The van der Waals surface area contributed by atoms with Gasteiger partial charge in [0, 0.05) is 31.2 Å². The number of hydrogen-bond donors (Lipinski definition) is 0. The van der Waals surface area contributed by atoms with Gasteiger partial charge in [0.15, 0.2) is 0 Å². The molecule has 0 saturated carbocycles. The summed E-state index contributed by atoms with van der Waals surface area (Å²) in [5.74, 6) is 0. The van der Waals surface area contributed by atoms with Crippen LogP contribution in [0.15, 0.2) is 182 Å². The molecule has 0 amide bonds. The van der Waals surface area contributed by atoms with Crippen molar-refractivity contribution in [1.82, 2.24) is 0 Å². The van der Waals surface area contributed by atoms with E-state index in [1.165, 1.54) is 129 Å². The van der Waals surface area contributed by atoms with Crippen LogP contribution in [0.2, 0.25) is 0 Å². The lowest BCUT2D eigenvalue weighted by Crippen LogP contribution is -1.93. The molecular weight excluding hydrogens is 735 g/mol. The van der Waals surface area contributed by atoms with E-state index in [2.05, 4.69) is 195 Å². The van der Waals surface area contributed by atoms with Gasteiger partial charge < -0.3 is 0 Å². The van der Waals surface area contributed by atoms with Crippen LogP contribution in [-0.2, 0) is 13.3 Å². The third-order valence-corrected chi connectivity index (χ3v) is 17.7. The van der Waals surface area contributed by atoms with E-state index in [0.29, 0.717) is 0 Å². The summed E-state index contributed by atoms with van der Waals surface area (Å²) in [6.07, 6.45) is 0. The van der Waals surface area contributed by atoms with Crippen molar-refractivity contribution in [1.29, 1.82) is 0 Å². The molecule has 0 nitrogen and oxygen atoms in total. The molecule has 2 atom stereocenters. The molecule has 0 aliphatic heterocycles. The number of rotatable bonds is 3. The average Bonchev–Trinajstić information content (AvgIpc) is 3.74. The molecule has 58 heavy (non-hydrogen) atoms. The zero-order chi connectivity index (χ0) is 38.2. The second-order valence-corrected chi connectivity index (χ2v) is 20.2. The molecule has 13 aromatic rings. The smallest absolute Gasteiger partial charge is 0.00274 e. The molecule has 0 saturated heterocycles. The standard InChI is InChI=1S/C56H36P2/c1-57-48-25-5-3-16-43(48)55-38(23-11-27-50(55)57)36-18-9-21-40-45(36)32-46-37(39-24-12-28-51-56(39)44-17-4-6-26-49(44)58(51)2)19-10-22-41(46)54(40)47-31-35-15-7-13-33-29-30-34-14-8-20-42(47)53(34)52(33)35/h3-32H,1-2H3. The van der Waals surface area contributed by atoms with E-state index >= 15 is 0 Å². The first-order valence-corrected chi connectivity index (χ1v) is 23.8. The third-order valence-electron chi connectivity index (χ3n) is 13.3. The van der Waals surface area contributed by atoms with Gasteiger partial charge in [-0.05, 0) is 123 Å². The van der Waals surface area contributed by atoms with E-state index in [9.17, 15) is 0 Å². The SMILES string of the molecule is Cp1c2ccccc2c2c(-c3cccc4c(-c5cc6cccc7ccc8cccc5c8c76)c5cccc(-c6cccc7c6c6ccccc6p7C)c5cc34)cccc21. The first-order valence-electron chi connectivity index (χ1n) is 20.2. The topological polar surface area (TPSA) is 0 Å². The summed E-state index contributed by atoms with van der Waals surface area (Å²) >= 11 is 0. The number of benzene rings is 11. The van der Waals surface area contributed by atoms with E-state index < -0.39 is 15.1 Å². The van der Waals surface area contributed by atoms with Gasteiger partial charge in [0.1, 0.15) is 0 Å². The van der Waals surface area contributed by atoms with Gasteiger partial charge in [0.2, 0.25) is 0 Å². The molecule has 0 radical (unpaired) electrons. The van der Waals surface area contributed by atoms with Crippen LogP contribution in [0, 0.1) is 0 Å². The lowest BCUT2D eigenvalue weighted by molar-refractivity contribution is 1.69. The molecule has 0 bridgehead atoms. The van der Waals surface area contributed by atoms with Crippen molar-refractivity contribution in [2.24, 2.45) is 13.3 Å². The van der Waals surface area contributed by atoms with Crippen LogP contribution in [0.5, 0.6) is 0 Å². The van der Waals surface area contributed by atoms with Crippen LogP contribution in [0.3, 0.4) is 0 Å².